The van der Waals surface area contributed by atoms with Crippen molar-refractivity contribution in [2.75, 3.05) is 0 Å². The number of aliphatic hydroxyl groups excluding tert-OH is 1. The molecule has 0 saturated carbocycles. The van der Waals surface area contributed by atoms with Crippen molar-refractivity contribution in [3.05, 3.63) is 57.4 Å². The molecule has 2 heteroatoms. The van der Waals surface area contributed by atoms with Crippen molar-refractivity contribution in [2.24, 2.45) is 0 Å². The number of hydrogen-bond acceptors (Lipinski definition) is 2. The Kier molecular flexibility index (Phi) is 4.08. The second-order valence-electron chi connectivity index (χ2n) is 4.38. The zero-order chi connectivity index (χ0) is 12.3. The SMILES string of the molecule is CCC1=CSC(C(O)c2ccccc2)=C(C)C1. The van der Waals surface area contributed by atoms with Crippen molar-refractivity contribution in [1.82, 2.24) is 0 Å². The van der Waals surface area contributed by atoms with Crippen LogP contribution in [0, 0.1) is 0 Å². The van der Waals surface area contributed by atoms with Gasteiger partial charge in [-0.1, -0.05) is 60.2 Å². The molecule has 0 amide bonds. The molecule has 17 heavy (non-hydrogen) atoms. The Hall–Kier alpha value is -0.990. The fourth-order valence-electron chi connectivity index (χ4n) is 2.01. The van der Waals surface area contributed by atoms with Gasteiger partial charge in [0.25, 0.3) is 0 Å². The Morgan fingerprint density at radius 2 is 2.00 bits per heavy atom. The fourth-order valence-corrected chi connectivity index (χ4v) is 3.09. The van der Waals surface area contributed by atoms with Crippen LogP contribution in [0.1, 0.15) is 38.4 Å². The lowest BCUT2D eigenvalue weighted by Gasteiger charge is -2.21. The summed E-state index contributed by atoms with van der Waals surface area (Å²) < 4.78 is 0. The minimum atomic E-state index is -0.476. The van der Waals surface area contributed by atoms with E-state index in [1.54, 1.807) is 11.8 Å². The van der Waals surface area contributed by atoms with Gasteiger partial charge in [0.2, 0.25) is 0 Å². The van der Waals surface area contributed by atoms with Crippen LogP contribution in [0.4, 0.5) is 0 Å². The molecule has 0 bridgehead atoms. The predicted molar refractivity (Wildman–Crippen MR) is 74.7 cm³/mol. The highest BCUT2D eigenvalue weighted by molar-refractivity contribution is 8.05. The topological polar surface area (TPSA) is 20.2 Å². The number of hydrogen-bond donors (Lipinski definition) is 1. The molecule has 1 N–H and O–H groups in total. The molecule has 1 aliphatic rings. The summed E-state index contributed by atoms with van der Waals surface area (Å²) in [6.45, 7) is 4.30. The van der Waals surface area contributed by atoms with E-state index in [0.29, 0.717) is 0 Å². The van der Waals surface area contributed by atoms with E-state index in [-0.39, 0.29) is 0 Å². The van der Waals surface area contributed by atoms with Gasteiger partial charge in [0, 0.05) is 4.91 Å². The van der Waals surface area contributed by atoms with Crippen molar-refractivity contribution >= 4 is 11.8 Å². The molecule has 0 radical (unpaired) electrons. The van der Waals surface area contributed by atoms with E-state index in [1.807, 2.05) is 30.3 Å². The van der Waals surface area contributed by atoms with E-state index in [9.17, 15) is 5.11 Å². The summed E-state index contributed by atoms with van der Waals surface area (Å²) in [5.41, 5.74) is 3.73. The molecule has 2 rings (SSSR count). The van der Waals surface area contributed by atoms with E-state index >= 15 is 0 Å². The first-order valence-corrected chi connectivity index (χ1v) is 6.87. The van der Waals surface area contributed by atoms with Gasteiger partial charge in [0.1, 0.15) is 6.10 Å². The van der Waals surface area contributed by atoms with Crippen LogP contribution in [0.3, 0.4) is 0 Å². The summed E-state index contributed by atoms with van der Waals surface area (Å²) in [5.74, 6) is 0. The molecule has 1 aromatic carbocycles. The molecule has 0 saturated heterocycles. The van der Waals surface area contributed by atoms with Crippen LogP contribution in [0.5, 0.6) is 0 Å². The van der Waals surface area contributed by atoms with Crippen molar-refractivity contribution in [3.63, 3.8) is 0 Å². The molecule has 1 unspecified atom stereocenters. The van der Waals surface area contributed by atoms with E-state index in [1.165, 1.54) is 11.1 Å². The number of aliphatic hydroxyl groups is 1. The summed E-state index contributed by atoms with van der Waals surface area (Å²) in [5, 5.41) is 12.6. The van der Waals surface area contributed by atoms with Crippen molar-refractivity contribution in [2.45, 2.75) is 32.8 Å². The molecule has 0 fully saturated rings. The lowest BCUT2D eigenvalue weighted by molar-refractivity contribution is 0.223. The van der Waals surface area contributed by atoms with Crippen LogP contribution in [0.2, 0.25) is 0 Å². The summed E-state index contributed by atoms with van der Waals surface area (Å²) in [6, 6.07) is 9.86. The molecular formula is C15H18OS. The Balaban J connectivity index is 2.19. The van der Waals surface area contributed by atoms with Crippen LogP contribution in [-0.2, 0) is 0 Å². The number of benzene rings is 1. The van der Waals surface area contributed by atoms with E-state index in [4.69, 9.17) is 0 Å². The lowest BCUT2D eigenvalue weighted by Crippen LogP contribution is -2.04. The van der Waals surface area contributed by atoms with Crippen LogP contribution in [0.15, 0.2) is 51.8 Å². The van der Waals surface area contributed by atoms with Gasteiger partial charge in [-0.05, 0) is 30.7 Å². The minimum Gasteiger partial charge on any atom is -0.383 e. The lowest BCUT2D eigenvalue weighted by atomic mass is 10.0. The largest absolute Gasteiger partial charge is 0.383 e. The van der Waals surface area contributed by atoms with Gasteiger partial charge in [-0.2, -0.15) is 0 Å². The van der Waals surface area contributed by atoms with Gasteiger partial charge in [-0.25, -0.2) is 0 Å². The second kappa shape index (κ2) is 5.56. The van der Waals surface area contributed by atoms with Crippen molar-refractivity contribution in [3.8, 4) is 0 Å². The molecule has 1 aliphatic heterocycles. The maximum Gasteiger partial charge on any atom is 0.110 e. The molecular weight excluding hydrogens is 228 g/mol. The fraction of sp³-hybridized carbons (Fsp3) is 0.333. The van der Waals surface area contributed by atoms with Gasteiger partial charge in [-0.15, -0.1) is 0 Å². The Morgan fingerprint density at radius 1 is 1.29 bits per heavy atom. The Morgan fingerprint density at radius 3 is 2.59 bits per heavy atom. The quantitative estimate of drug-likeness (QED) is 0.851. The Bertz CT molecular complexity index is 445. The number of rotatable bonds is 3. The molecule has 0 spiro atoms. The number of thioether (sulfide) groups is 1. The van der Waals surface area contributed by atoms with Gasteiger partial charge < -0.3 is 5.11 Å². The third-order valence-electron chi connectivity index (χ3n) is 3.08. The van der Waals surface area contributed by atoms with Crippen molar-refractivity contribution < 1.29 is 5.11 Å². The van der Waals surface area contributed by atoms with Gasteiger partial charge in [0.15, 0.2) is 0 Å². The molecule has 1 atom stereocenters. The van der Waals surface area contributed by atoms with Gasteiger partial charge in [0.05, 0.1) is 0 Å². The first-order chi connectivity index (χ1) is 8.22. The highest BCUT2D eigenvalue weighted by Gasteiger charge is 2.19. The first-order valence-electron chi connectivity index (χ1n) is 5.99. The summed E-state index contributed by atoms with van der Waals surface area (Å²) in [4.78, 5) is 1.09. The van der Waals surface area contributed by atoms with Crippen LogP contribution in [-0.4, -0.2) is 5.11 Å². The van der Waals surface area contributed by atoms with Gasteiger partial charge >= 0.3 is 0 Å². The van der Waals surface area contributed by atoms with E-state index in [0.717, 1.165) is 23.3 Å². The van der Waals surface area contributed by atoms with Gasteiger partial charge in [-0.3, -0.25) is 0 Å². The molecule has 1 nitrogen and oxygen atoms in total. The summed E-state index contributed by atoms with van der Waals surface area (Å²) in [6.07, 6.45) is 1.62. The maximum absolute atomic E-state index is 10.4. The third kappa shape index (κ3) is 2.82. The average molecular weight is 246 g/mol. The third-order valence-corrected chi connectivity index (χ3v) is 4.36. The zero-order valence-electron chi connectivity index (χ0n) is 10.3. The molecule has 0 aromatic heterocycles. The highest BCUT2D eigenvalue weighted by atomic mass is 32.2. The zero-order valence-corrected chi connectivity index (χ0v) is 11.1. The molecule has 1 heterocycles. The normalized spacial score (nSPS) is 17.9. The van der Waals surface area contributed by atoms with Crippen LogP contribution < -0.4 is 0 Å². The predicted octanol–water partition coefficient (Wildman–Crippen LogP) is 4.42. The summed E-state index contributed by atoms with van der Waals surface area (Å²) in [7, 11) is 0. The Labute approximate surface area is 107 Å². The number of allylic oxidation sites excluding steroid dienone is 2. The molecule has 0 aliphatic carbocycles. The van der Waals surface area contributed by atoms with E-state index < -0.39 is 6.10 Å². The molecule has 1 aromatic rings. The smallest absolute Gasteiger partial charge is 0.110 e. The average Bonchev–Trinajstić information content (AvgIpc) is 2.39. The first kappa shape index (κ1) is 12.5. The van der Waals surface area contributed by atoms with Crippen molar-refractivity contribution in [1.29, 1.82) is 0 Å². The minimum absolute atomic E-state index is 0.476. The second-order valence-corrected chi connectivity index (χ2v) is 5.29. The van der Waals surface area contributed by atoms with Crippen LogP contribution >= 0.6 is 11.8 Å². The van der Waals surface area contributed by atoms with Crippen LogP contribution in [0.25, 0.3) is 0 Å². The van der Waals surface area contributed by atoms with E-state index in [2.05, 4.69) is 19.3 Å². The summed E-state index contributed by atoms with van der Waals surface area (Å²) >= 11 is 1.67. The monoisotopic (exact) mass is 246 g/mol. The molecule has 90 valence electrons. The highest BCUT2D eigenvalue weighted by Crippen LogP contribution is 2.40. The standard InChI is InChI=1S/C15H18OS/c1-3-12-9-11(2)15(17-10-12)14(16)13-7-5-4-6-8-13/h4-8,10,14,16H,3,9H2,1-2H3. The maximum atomic E-state index is 10.4.